The van der Waals surface area contributed by atoms with Gasteiger partial charge in [-0.1, -0.05) is 19.0 Å². The van der Waals surface area contributed by atoms with Gasteiger partial charge in [0.15, 0.2) is 0 Å². The fraction of sp³-hybridized carbons (Fsp3) is 0.737. The maximum absolute atomic E-state index is 12.7. The van der Waals surface area contributed by atoms with Crippen LogP contribution in [0, 0.1) is 5.92 Å². The number of amides is 2. The SMILES string of the molecule is CN(C(=O)CC1CCOCC1)C(C)(C)C(=O)Nc1cc(C(C)(C)CO)no1. The Labute approximate surface area is 160 Å². The number of hydrogen-bond donors (Lipinski definition) is 2. The second kappa shape index (κ2) is 8.39. The number of likely N-dealkylation sites (N-methyl/N-ethyl adjacent to an activating group) is 1. The van der Waals surface area contributed by atoms with Crippen molar-refractivity contribution in [1.29, 1.82) is 0 Å². The normalized spacial score (nSPS) is 16.2. The first-order valence-corrected chi connectivity index (χ1v) is 9.32. The van der Waals surface area contributed by atoms with Gasteiger partial charge in [0.1, 0.15) is 5.54 Å². The molecule has 0 unspecified atom stereocenters. The summed E-state index contributed by atoms with van der Waals surface area (Å²) in [6.07, 6.45) is 2.15. The molecule has 152 valence electrons. The number of hydrogen-bond acceptors (Lipinski definition) is 6. The molecule has 2 N–H and O–H groups in total. The van der Waals surface area contributed by atoms with Crippen LogP contribution < -0.4 is 5.32 Å². The van der Waals surface area contributed by atoms with E-state index in [9.17, 15) is 14.7 Å². The van der Waals surface area contributed by atoms with Crippen LogP contribution in [0.2, 0.25) is 0 Å². The molecular weight excluding hydrogens is 350 g/mol. The van der Waals surface area contributed by atoms with Gasteiger partial charge in [-0.3, -0.25) is 14.9 Å². The highest BCUT2D eigenvalue weighted by Gasteiger charge is 2.37. The van der Waals surface area contributed by atoms with E-state index >= 15 is 0 Å². The quantitative estimate of drug-likeness (QED) is 0.748. The lowest BCUT2D eigenvalue weighted by atomic mass is 9.91. The van der Waals surface area contributed by atoms with Crippen LogP contribution >= 0.6 is 0 Å². The van der Waals surface area contributed by atoms with Crippen LogP contribution in [-0.4, -0.2) is 59.4 Å². The molecule has 1 aromatic heterocycles. The maximum atomic E-state index is 12.7. The number of carbonyl (C=O) groups is 2. The van der Waals surface area contributed by atoms with E-state index in [2.05, 4.69) is 10.5 Å². The summed E-state index contributed by atoms with van der Waals surface area (Å²) in [4.78, 5) is 26.8. The topological polar surface area (TPSA) is 105 Å². The van der Waals surface area contributed by atoms with Crippen LogP contribution in [0.5, 0.6) is 0 Å². The molecule has 0 bridgehead atoms. The van der Waals surface area contributed by atoms with Crippen molar-refractivity contribution in [2.24, 2.45) is 5.92 Å². The first-order chi connectivity index (χ1) is 12.6. The van der Waals surface area contributed by atoms with Crippen LogP contribution in [-0.2, 0) is 19.7 Å². The van der Waals surface area contributed by atoms with Gasteiger partial charge in [0, 0.05) is 38.2 Å². The first kappa shape index (κ1) is 21.4. The van der Waals surface area contributed by atoms with Gasteiger partial charge in [0.2, 0.25) is 11.8 Å². The Morgan fingerprint density at radius 2 is 1.93 bits per heavy atom. The molecule has 8 nitrogen and oxygen atoms in total. The van der Waals surface area contributed by atoms with E-state index in [0.717, 1.165) is 12.8 Å². The minimum absolute atomic E-state index is 0.0678. The van der Waals surface area contributed by atoms with Crippen LogP contribution in [0.3, 0.4) is 0 Å². The van der Waals surface area contributed by atoms with E-state index in [1.54, 1.807) is 27.0 Å². The number of nitrogens with one attached hydrogen (secondary N) is 1. The molecule has 2 heterocycles. The van der Waals surface area contributed by atoms with Gasteiger partial charge in [-0.05, 0) is 32.6 Å². The summed E-state index contributed by atoms with van der Waals surface area (Å²) in [7, 11) is 1.64. The van der Waals surface area contributed by atoms with E-state index in [0.29, 0.717) is 31.2 Å². The summed E-state index contributed by atoms with van der Waals surface area (Å²) in [6.45, 7) is 8.31. The lowest BCUT2D eigenvalue weighted by molar-refractivity contribution is -0.142. The number of nitrogens with zero attached hydrogens (tertiary/aromatic N) is 2. The smallest absolute Gasteiger partial charge is 0.252 e. The first-order valence-electron chi connectivity index (χ1n) is 9.32. The zero-order valence-electron chi connectivity index (χ0n) is 16.9. The van der Waals surface area contributed by atoms with Crippen LogP contribution in [0.4, 0.5) is 5.88 Å². The average molecular weight is 381 g/mol. The zero-order valence-corrected chi connectivity index (χ0v) is 16.9. The Bertz CT molecular complexity index is 662. The molecule has 0 spiro atoms. The predicted molar refractivity (Wildman–Crippen MR) is 100 cm³/mol. The third-order valence-corrected chi connectivity index (χ3v) is 5.41. The highest BCUT2D eigenvalue weighted by atomic mass is 16.5. The summed E-state index contributed by atoms with van der Waals surface area (Å²) in [5.41, 5.74) is -1.08. The Morgan fingerprint density at radius 3 is 2.52 bits per heavy atom. The van der Waals surface area contributed by atoms with Crippen molar-refractivity contribution in [3.63, 3.8) is 0 Å². The van der Waals surface area contributed by atoms with Crippen molar-refractivity contribution in [1.82, 2.24) is 10.1 Å². The Balaban J connectivity index is 1.99. The van der Waals surface area contributed by atoms with Crippen molar-refractivity contribution >= 4 is 17.7 Å². The molecule has 1 aliphatic rings. The maximum Gasteiger partial charge on any atom is 0.252 e. The summed E-state index contributed by atoms with van der Waals surface area (Å²) >= 11 is 0. The molecule has 2 rings (SSSR count). The molecule has 0 atom stereocenters. The van der Waals surface area contributed by atoms with E-state index in [-0.39, 0.29) is 24.3 Å². The molecule has 8 heteroatoms. The van der Waals surface area contributed by atoms with Gasteiger partial charge < -0.3 is 19.3 Å². The van der Waals surface area contributed by atoms with E-state index in [1.165, 1.54) is 4.90 Å². The van der Waals surface area contributed by atoms with Crippen molar-refractivity contribution in [2.75, 3.05) is 32.2 Å². The molecule has 1 saturated heterocycles. The lowest BCUT2D eigenvalue weighted by Crippen LogP contribution is -2.53. The Kier molecular flexibility index (Phi) is 6.64. The number of aliphatic hydroxyl groups is 1. The molecule has 27 heavy (non-hydrogen) atoms. The van der Waals surface area contributed by atoms with Crippen molar-refractivity contribution in [3.8, 4) is 0 Å². The van der Waals surface area contributed by atoms with Crippen molar-refractivity contribution in [3.05, 3.63) is 11.8 Å². The monoisotopic (exact) mass is 381 g/mol. The highest BCUT2D eigenvalue weighted by Crippen LogP contribution is 2.26. The lowest BCUT2D eigenvalue weighted by Gasteiger charge is -2.35. The molecule has 0 aromatic carbocycles. The molecule has 0 aliphatic carbocycles. The second-order valence-electron chi connectivity index (χ2n) is 8.34. The molecular formula is C19H31N3O5. The number of aliphatic hydroxyl groups excluding tert-OH is 1. The number of aromatic nitrogens is 1. The summed E-state index contributed by atoms with van der Waals surface area (Å²) in [5, 5.41) is 16.0. The molecule has 1 fully saturated rings. The summed E-state index contributed by atoms with van der Waals surface area (Å²) in [5.74, 6) is 0.0524. The van der Waals surface area contributed by atoms with E-state index in [1.807, 2.05) is 13.8 Å². The third-order valence-electron chi connectivity index (χ3n) is 5.41. The Morgan fingerprint density at radius 1 is 1.30 bits per heavy atom. The van der Waals surface area contributed by atoms with E-state index in [4.69, 9.17) is 9.26 Å². The fourth-order valence-corrected chi connectivity index (χ4v) is 2.80. The van der Waals surface area contributed by atoms with Gasteiger partial charge >= 0.3 is 0 Å². The largest absolute Gasteiger partial charge is 0.395 e. The van der Waals surface area contributed by atoms with Crippen LogP contribution in [0.25, 0.3) is 0 Å². The molecule has 2 amide bonds. The third kappa shape index (κ3) is 5.07. The average Bonchev–Trinajstić information content (AvgIpc) is 3.11. The van der Waals surface area contributed by atoms with Gasteiger partial charge in [0.05, 0.1) is 12.3 Å². The van der Waals surface area contributed by atoms with Gasteiger partial charge in [-0.2, -0.15) is 0 Å². The molecule has 1 aromatic rings. The number of rotatable bonds is 7. The van der Waals surface area contributed by atoms with Gasteiger partial charge in [0.25, 0.3) is 5.91 Å². The fourth-order valence-electron chi connectivity index (χ4n) is 2.80. The zero-order chi connectivity index (χ0) is 20.2. The van der Waals surface area contributed by atoms with Crippen LogP contribution in [0.15, 0.2) is 10.6 Å². The number of anilines is 1. The summed E-state index contributed by atoms with van der Waals surface area (Å²) < 4.78 is 10.5. The second-order valence-corrected chi connectivity index (χ2v) is 8.34. The van der Waals surface area contributed by atoms with Crippen molar-refractivity contribution < 1.29 is 24.0 Å². The van der Waals surface area contributed by atoms with Gasteiger partial charge in [-0.15, -0.1) is 0 Å². The Hall–Kier alpha value is -1.93. The highest BCUT2D eigenvalue weighted by molar-refractivity contribution is 5.99. The molecule has 1 aliphatic heterocycles. The summed E-state index contributed by atoms with van der Waals surface area (Å²) in [6, 6.07) is 1.59. The minimum Gasteiger partial charge on any atom is -0.395 e. The molecule has 0 radical (unpaired) electrons. The predicted octanol–water partition coefficient (Wildman–Crippen LogP) is 1.94. The number of ether oxygens (including phenoxy) is 1. The van der Waals surface area contributed by atoms with E-state index < -0.39 is 11.0 Å². The van der Waals surface area contributed by atoms with Gasteiger partial charge in [-0.25, -0.2) is 0 Å². The minimum atomic E-state index is -1.05. The number of carbonyl (C=O) groups excluding carboxylic acids is 2. The van der Waals surface area contributed by atoms with Crippen molar-refractivity contribution in [2.45, 2.75) is 57.9 Å². The van der Waals surface area contributed by atoms with Crippen LogP contribution in [0.1, 0.15) is 52.7 Å². The standard InChI is InChI=1S/C19H31N3O5/c1-18(2,12-23)14-11-15(27-21-14)20-17(25)19(3,4)22(5)16(24)10-13-6-8-26-9-7-13/h11,13,23H,6-10,12H2,1-5H3,(H,20,25). The molecule has 0 saturated carbocycles.